The molecule has 7 heteroatoms. The van der Waals surface area contributed by atoms with E-state index in [0.717, 1.165) is 0 Å². The molecule has 0 saturated carbocycles. The third-order valence-corrected chi connectivity index (χ3v) is 2.67. The van der Waals surface area contributed by atoms with Crippen LogP contribution in [0.2, 0.25) is 5.02 Å². The van der Waals surface area contributed by atoms with Gasteiger partial charge in [0.15, 0.2) is 0 Å². The van der Waals surface area contributed by atoms with Gasteiger partial charge in [0.05, 0.1) is 11.9 Å². The largest absolute Gasteiger partial charge is 0.322 e. The SMILES string of the molecule is NC1CC(C(=O)Nc2cc(Cl)ccc2F)NN1. The second kappa shape index (κ2) is 4.97. The summed E-state index contributed by atoms with van der Waals surface area (Å²) in [6.07, 6.45) is 0.156. The van der Waals surface area contributed by atoms with Crippen molar-refractivity contribution >= 4 is 23.2 Å². The number of nitrogens with two attached hydrogens (primary N) is 1. The van der Waals surface area contributed by atoms with Crippen LogP contribution in [0.4, 0.5) is 10.1 Å². The number of benzene rings is 1. The van der Waals surface area contributed by atoms with Gasteiger partial charge in [0.25, 0.3) is 0 Å². The minimum absolute atomic E-state index is 0.0600. The fraction of sp³-hybridized carbons (Fsp3) is 0.300. The van der Waals surface area contributed by atoms with Gasteiger partial charge in [0.1, 0.15) is 11.9 Å². The van der Waals surface area contributed by atoms with Gasteiger partial charge in [-0.05, 0) is 18.2 Å². The molecule has 1 fully saturated rings. The lowest BCUT2D eigenvalue weighted by molar-refractivity contribution is -0.117. The highest BCUT2D eigenvalue weighted by Gasteiger charge is 2.27. The minimum Gasteiger partial charge on any atom is -0.322 e. The molecular weight excluding hydrogens is 247 g/mol. The van der Waals surface area contributed by atoms with E-state index in [1.165, 1.54) is 18.2 Å². The Balaban J connectivity index is 2.05. The minimum atomic E-state index is -0.530. The van der Waals surface area contributed by atoms with Crippen LogP contribution in [-0.4, -0.2) is 18.1 Å². The lowest BCUT2D eigenvalue weighted by atomic mass is 10.2. The highest BCUT2D eigenvalue weighted by atomic mass is 35.5. The highest BCUT2D eigenvalue weighted by molar-refractivity contribution is 6.30. The van der Waals surface area contributed by atoms with Crippen molar-refractivity contribution in [3.63, 3.8) is 0 Å². The zero-order valence-corrected chi connectivity index (χ0v) is 9.59. The number of carbonyl (C=O) groups excluding carboxylic acids is 1. The number of nitrogens with one attached hydrogen (secondary N) is 3. The quantitative estimate of drug-likeness (QED) is 0.625. The van der Waals surface area contributed by atoms with Crippen LogP contribution in [-0.2, 0) is 4.79 Å². The summed E-state index contributed by atoms with van der Waals surface area (Å²) >= 11 is 5.72. The molecule has 1 aromatic rings. The van der Waals surface area contributed by atoms with E-state index >= 15 is 0 Å². The maximum Gasteiger partial charge on any atom is 0.243 e. The van der Waals surface area contributed by atoms with Gasteiger partial charge in [-0.3, -0.25) is 4.79 Å². The van der Waals surface area contributed by atoms with E-state index < -0.39 is 11.9 Å². The first-order valence-electron chi connectivity index (χ1n) is 5.09. The molecule has 1 amide bonds. The topological polar surface area (TPSA) is 79.2 Å². The summed E-state index contributed by atoms with van der Waals surface area (Å²) in [5.74, 6) is -0.885. The molecule has 17 heavy (non-hydrogen) atoms. The monoisotopic (exact) mass is 258 g/mol. The normalized spacial score (nSPS) is 23.7. The van der Waals surface area contributed by atoms with Crippen LogP contribution in [0, 0.1) is 5.82 Å². The summed E-state index contributed by atoms with van der Waals surface area (Å²) < 4.78 is 13.4. The lowest BCUT2D eigenvalue weighted by Gasteiger charge is -2.11. The van der Waals surface area contributed by atoms with Crippen LogP contribution in [0.25, 0.3) is 0 Å². The molecule has 1 aliphatic rings. The van der Waals surface area contributed by atoms with Gasteiger partial charge in [-0.25, -0.2) is 15.2 Å². The molecular formula is C10H12ClFN4O. The Labute approximate surface area is 102 Å². The summed E-state index contributed by atoms with van der Waals surface area (Å²) in [6.45, 7) is 0. The van der Waals surface area contributed by atoms with Crippen LogP contribution in [0.1, 0.15) is 6.42 Å². The maximum atomic E-state index is 13.4. The third-order valence-electron chi connectivity index (χ3n) is 2.44. The molecule has 0 aromatic heterocycles. The van der Waals surface area contributed by atoms with Crippen molar-refractivity contribution < 1.29 is 9.18 Å². The van der Waals surface area contributed by atoms with E-state index in [2.05, 4.69) is 16.2 Å². The molecule has 2 unspecified atom stereocenters. The summed E-state index contributed by atoms with van der Waals surface area (Å²) in [5, 5.41) is 2.81. The first-order chi connectivity index (χ1) is 8.06. The number of rotatable bonds is 2. The lowest BCUT2D eigenvalue weighted by Crippen LogP contribution is -2.41. The fourth-order valence-corrected chi connectivity index (χ4v) is 1.74. The maximum absolute atomic E-state index is 13.4. The summed E-state index contributed by atoms with van der Waals surface area (Å²) in [5.41, 5.74) is 11.0. The molecule has 5 nitrogen and oxygen atoms in total. The van der Waals surface area contributed by atoms with Gasteiger partial charge < -0.3 is 11.1 Å². The van der Waals surface area contributed by atoms with Gasteiger partial charge in [-0.1, -0.05) is 11.6 Å². The van der Waals surface area contributed by atoms with E-state index in [-0.39, 0.29) is 17.8 Å². The van der Waals surface area contributed by atoms with E-state index in [0.29, 0.717) is 11.4 Å². The summed E-state index contributed by atoms with van der Waals surface area (Å²) in [4.78, 5) is 11.7. The van der Waals surface area contributed by atoms with Crippen LogP contribution >= 0.6 is 11.6 Å². The Morgan fingerprint density at radius 2 is 2.29 bits per heavy atom. The number of anilines is 1. The molecule has 1 aromatic carbocycles. The molecule has 0 aliphatic carbocycles. The van der Waals surface area contributed by atoms with E-state index in [4.69, 9.17) is 17.3 Å². The van der Waals surface area contributed by atoms with Crippen LogP contribution < -0.4 is 21.9 Å². The number of carbonyl (C=O) groups is 1. The Hall–Kier alpha value is -1.21. The second-order valence-corrected chi connectivity index (χ2v) is 4.23. The number of hydrogen-bond acceptors (Lipinski definition) is 4. The predicted octanol–water partition coefficient (Wildman–Crippen LogP) is 0.569. The van der Waals surface area contributed by atoms with Crippen molar-refractivity contribution in [2.24, 2.45) is 5.73 Å². The van der Waals surface area contributed by atoms with E-state index in [1.807, 2.05) is 0 Å². The van der Waals surface area contributed by atoms with Crippen molar-refractivity contribution in [2.75, 3.05) is 5.32 Å². The molecule has 92 valence electrons. The van der Waals surface area contributed by atoms with Crippen LogP contribution in [0.15, 0.2) is 18.2 Å². The molecule has 0 radical (unpaired) electrons. The number of halogens is 2. The smallest absolute Gasteiger partial charge is 0.243 e. The molecule has 1 saturated heterocycles. The Morgan fingerprint density at radius 1 is 1.53 bits per heavy atom. The Morgan fingerprint density at radius 3 is 2.94 bits per heavy atom. The van der Waals surface area contributed by atoms with Crippen LogP contribution in [0.3, 0.4) is 0 Å². The number of hydrazine groups is 1. The molecule has 0 bridgehead atoms. The van der Waals surface area contributed by atoms with Crippen molar-refractivity contribution in [1.82, 2.24) is 10.9 Å². The van der Waals surface area contributed by atoms with Gasteiger partial charge in [-0.2, -0.15) is 0 Å². The van der Waals surface area contributed by atoms with Crippen molar-refractivity contribution in [3.8, 4) is 0 Å². The molecule has 0 spiro atoms. The first kappa shape index (κ1) is 12.3. The van der Waals surface area contributed by atoms with Gasteiger partial charge in [-0.15, -0.1) is 0 Å². The highest BCUT2D eigenvalue weighted by Crippen LogP contribution is 2.20. The van der Waals surface area contributed by atoms with Gasteiger partial charge in [0.2, 0.25) is 5.91 Å². The van der Waals surface area contributed by atoms with E-state index in [1.54, 1.807) is 0 Å². The van der Waals surface area contributed by atoms with Gasteiger partial charge >= 0.3 is 0 Å². The van der Waals surface area contributed by atoms with Crippen molar-refractivity contribution in [1.29, 1.82) is 0 Å². The summed E-state index contributed by atoms with van der Waals surface area (Å²) in [6, 6.07) is 3.49. The molecule has 1 aliphatic heterocycles. The standard InChI is InChI=1S/C10H12ClFN4O/c11-5-1-2-6(12)7(3-5)14-10(17)8-4-9(13)16-15-8/h1-3,8-9,15-16H,4,13H2,(H,14,17). The number of hydrogen-bond donors (Lipinski definition) is 4. The first-order valence-corrected chi connectivity index (χ1v) is 5.46. The zero-order valence-electron chi connectivity index (χ0n) is 8.84. The molecule has 1 heterocycles. The van der Waals surface area contributed by atoms with Crippen molar-refractivity contribution in [2.45, 2.75) is 18.6 Å². The number of amides is 1. The van der Waals surface area contributed by atoms with Crippen LogP contribution in [0.5, 0.6) is 0 Å². The molecule has 2 rings (SSSR count). The fourth-order valence-electron chi connectivity index (χ4n) is 1.57. The average Bonchev–Trinajstić information content (AvgIpc) is 2.70. The van der Waals surface area contributed by atoms with Gasteiger partial charge in [0, 0.05) is 11.4 Å². The Bertz CT molecular complexity index is 442. The Kier molecular flexibility index (Phi) is 3.58. The summed E-state index contributed by atoms with van der Waals surface area (Å²) in [7, 11) is 0. The van der Waals surface area contributed by atoms with Crippen molar-refractivity contribution in [3.05, 3.63) is 29.0 Å². The molecule has 2 atom stereocenters. The predicted molar refractivity (Wildman–Crippen MR) is 62.7 cm³/mol. The average molecular weight is 259 g/mol. The second-order valence-electron chi connectivity index (χ2n) is 3.80. The zero-order chi connectivity index (χ0) is 12.4. The van der Waals surface area contributed by atoms with E-state index in [9.17, 15) is 9.18 Å². The third kappa shape index (κ3) is 2.92. The molecule has 5 N–H and O–H groups in total.